The monoisotopic (exact) mass is 419 g/mol. The van der Waals surface area contributed by atoms with Crippen LogP contribution in [0.4, 0.5) is 5.69 Å². The zero-order valence-corrected chi connectivity index (χ0v) is 17.4. The Bertz CT molecular complexity index is 1060. The summed E-state index contributed by atoms with van der Waals surface area (Å²) in [6, 6.07) is 6.25. The molecule has 1 fully saturated rings. The number of aromatic amines is 1. The number of H-pyrrole nitrogens is 1. The maximum Gasteiger partial charge on any atom is 0.338 e. The predicted octanol–water partition coefficient (Wildman–Crippen LogP) is 2.55. The van der Waals surface area contributed by atoms with Gasteiger partial charge in [-0.25, -0.2) is 17.9 Å². The molecular formula is C20H25N3O5S. The maximum absolute atomic E-state index is 12.7. The van der Waals surface area contributed by atoms with Crippen LogP contribution >= 0.6 is 0 Å². The number of hydrogen-bond donors (Lipinski definition) is 1. The number of unbranched alkanes of at least 4 members (excludes halogenated alkanes) is 1. The summed E-state index contributed by atoms with van der Waals surface area (Å²) in [5, 5.41) is 2.96. The van der Waals surface area contributed by atoms with Gasteiger partial charge in [0.25, 0.3) is 5.56 Å². The third-order valence-corrected chi connectivity index (χ3v) is 6.64. The molecule has 8 nitrogen and oxygen atoms in total. The zero-order valence-electron chi connectivity index (χ0n) is 16.6. The lowest BCUT2D eigenvalue weighted by Crippen LogP contribution is -2.25. The number of ether oxygens (including phenoxy) is 1. The van der Waals surface area contributed by atoms with Gasteiger partial charge in [-0.15, -0.1) is 0 Å². The molecule has 1 N–H and O–H groups in total. The molecule has 3 rings (SSSR count). The number of hydrogen-bond acceptors (Lipinski definition) is 6. The second-order valence-electron chi connectivity index (χ2n) is 7.18. The molecule has 0 bridgehead atoms. The fourth-order valence-electron chi connectivity index (χ4n) is 3.19. The lowest BCUT2D eigenvalue weighted by molar-refractivity contribution is 0.0500. The molecule has 2 heterocycles. The Hall–Kier alpha value is -2.68. The molecule has 1 aliphatic rings. The first-order chi connectivity index (χ1) is 13.8. The minimum absolute atomic E-state index is 0.0285. The fraction of sp³-hybridized carbons (Fsp3) is 0.450. The smallest absolute Gasteiger partial charge is 0.338 e. The van der Waals surface area contributed by atoms with E-state index >= 15 is 0 Å². The van der Waals surface area contributed by atoms with Gasteiger partial charge >= 0.3 is 5.97 Å². The molecule has 0 aliphatic carbocycles. The Morgan fingerprint density at radius 1 is 1.34 bits per heavy atom. The lowest BCUT2D eigenvalue weighted by atomic mass is 10.2. The molecule has 1 unspecified atom stereocenters. The largest absolute Gasteiger partial charge is 0.462 e. The van der Waals surface area contributed by atoms with Gasteiger partial charge in [-0.05, 0) is 44.0 Å². The van der Waals surface area contributed by atoms with Gasteiger partial charge in [0.2, 0.25) is 0 Å². The normalized spacial score (nSPS) is 18.3. The fourth-order valence-corrected chi connectivity index (χ4v) is 4.89. The van der Waals surface area contributed by atoms with Crippen LogP contribution in [0.15, 0.2) is 34.1 Å². The molecule has 1 saturated heterocycles. The molecule has 29 heavy (non-hydrogen) atoms. The molecule has 0 saturated carbocycles. The van der Waals surface area contributed by atoms with Gasteiger partial charge in [0.1, 0.15) is 0 Å². The second-order valence-corrected chi connectivity index (χ2v) is 9.41. The summed E-state index contributed by atoms with van der Waals surface area (Å²) in [4.78, 5) is 28.9. The number of esters is 1. The third-order valence-electron chi connectivity index (χ3n) is 4.89. The average molecular weight is 420 g/mol. The van der Waals surface area contributed by atoms with Crippen molar-refractivity contribution in [2.75, 3.05) is 18.1 Å². The Balaban J connectivity index is 1.72. The summed E-state index contributed by atoms with van der Waals surface area (Å²) in [6.07, 6.45) is 3.67. The molecule has 9 heteroatoms. The highest BCUT2D eigenvalue weighted by Gasteiger charge is 2.31. The topological polar surface area (TPSA) is 111 Å². The first kappa shape index (κ1) is 21.0. The van der Waals surface area contributed by atoms with Crippen molar-refractivity contribution < 1.29 is 17.9 Å². The molecule has 0 amide bonds. The molecule has 0 spiro atoms. The molecular weight excluding hydrogens is 394 g/mol. The summed E-state index contributed by atoms with van der Waals surface area (Å²) < 4.78 is 29.9. The van der Waals surface area contributed by atoms with Crippen molar-refractivity contribution in [1.82, 2.24) is 9.78 Å². The third kappa shape index (κ3) is 5.03. The maximum atomic E-state index is 12.7. The van der Waals surface area contributed by atoms with E-state index in [-0.39, 0.29) is 29.1 Å². The van der Waals surface area contributed by atoms with Gasteiger partial charge in [-0.1, -0.05) is 13.3 Å². The first-order valence-electron chi connectivity index (χ1n) is 9.63. The Morgan fingerprint density at radius 3 is 2.69 bits per heavy atom. The zero-order chi connectivity index (χ0) is 21.0. The van der Waals surface area contributed by atoms with E-state index in [9.17, 15) is 18.0 Å². The van der Waals surface area contributed by atoms with E-state index in [1.807, 2.05) is 6.92 Å². The van der Waals surface area contributed by atoms with Gasteiger partial charge in [-0.3, -0.25) is 14.9 Å². The summed E-state index contributed by atoms with van der Waals surface area (Å²) in [5.41, 5.74) is 1.76. The molecule has 1 aromatic carbocycles. The van der Waals surface area contributed by atoms with E-state index in [2.05, 4.69) is 10.1 Å². The van der Waals surface area contributed by atoms with Crippen LogP contribution < -0.4 is 5.56 Å². The second kappa shape index (κ2) is 8.77. The van der Waals surface area contributed by atoms with Crippen molar-refractivity contribution in [3.8, 4) is 0 Å². The standard InChI is InChI=1S/C20H25N3O5S/c1-3-4-10-28-20(25)15-5-7-16(8-6-15)21-12-18-14(2)22-23(19(18)24)17-9-11-29(26,27)13-17/h5-8,12,17,22H,3-4,9-11,13H2,1-2H3. The number of benzene rings is 1. The number of sulfone groups is 1. The van der Waals surface area contributed by atoms with Crippen LogP contribution in [-0.2, 0) is 14.6 Å². The van der Waals surface area contributed by atoms with Crippen molar-refractivity contribution in [3.63, 3.8) is 0 Å². The lowest BCUT2D eigenvalue weighted by Gasteiger charge is -2.07. The Labute approximate surface area is 169 Å². The van der Waals surface area contributed by atoms with Crippen LogP contribution in [0.3, 0.4) is 0 Å². The van der Waals surface area contributed by atoms with E-state index in [4.69, 9.17) is 4.74 Å². The summed E-state index contributed by atoms with van der Waals surface area (Å²) >= 11 is 0. The minimum atomic E-state index is -3.09. The van der Waals surface area contributed by atoms with E-state index in [0.29, 0.717) is 35.5 Å². The average Bonchev–Trinajstić information content (AvgIpc) is 3.19. The van der Waals surface area contributed by atoms with Crippen LogP contribution in [0.5, 0.6) is 0 Å². The van der Waals surface area contributed by atoms with Crippen molar-refractivity contribution in [3.05, 3.63) is 51.4 Å². The first-order valence-corrected chi connectivity index (χ1v) is 11.5. The molecule has 2 aromatic rings. The number of nitrogens with zero attached hydrogens (tertiary/aromatic N) is 2. The number of carbonyl (C=O) groups excluding carboxylic acids is 1. The number of nitrogens with one attached hydrogen (secondary N) is 1. The number of aromatic nitrogens is 2. The molecule has 1 aromatic heterocycles. The number of aryl methyl sites for hydroxylation is 1. The predicted molar refractivity (Wildman–Crippen MR) is 111 cm³/mol. The number of aliphatic imine (C=N–C) groups is 1. The van der Waals surface area contributed by atoms with Crippen LogP contribution in [-0.4, -0.2) is 48.5 Å². The number of rotatable bonds is 7. The van der Waals surface area contributed by atoms with Crippen molar-refractivity contribution in [2.45, 2.75) is 39.2 Å². The molecule has 1 atom stereocenters. The minimum Gasteiger partial charge on any atom is -0.462 e. The summed E-state index contributed by atoms with van der Waals surface area (Å²) in [7, 11) is -3.09. The van der Waals surface area contributed by atoms with Crippen molar-refractivity contribution >= 4 is 27.7 Å². The van der Waals surface area contributed by atoms with Gasteiger partial charge in [0.15, 0.2) is 9.84 Å². The van der Waals surface area contributed by atoms with Crippen LogP contribution in [0.25, 0.3) is 0 Å². The van der Waals surface area contributed by atoms with Gasteiger partial charge in [0.05, 0.1) is 41.0 Å². The van der Waals surface area contributed by atoms with Crippen molar-refractivity contribution in [2.24, 2.45) is 4.99 Å². The highest BCUT2D eigenvalue weighted by molar-refractivity contribution is 7.91. The SMILES string of the molecule is CCCCOC(=O)c1ccc(N=Cc2c(C)[nH]n(C3CCS(=O)(=O)C3)c2=O)cc1. The van der Waals surface area contributed by atoms with Crippen LogP contribution in [0.1, 0.15) is 53.8 Å². The van der Waals surface area contributed by atoms with E-state index in [0.717, 1.165) is 12.8 Å². The van der Waals surface area contributed by atoms with Gasteiger partial charge in [0, 0.05) is 11.9 Å². The van der Waals surface area contributed by atoms with Crippen molar-refractivity contribution in [1.29, 1.82) is 0 Å². The highest BCUT2D eigenvalue weighted by Crippen LogP contribution is 2.22. The Kier molecular flexibility index (Phi) is 6.36. The molecule has 156 valence electrons. The van der Waals surface area contributed by atoms with Crippen LogP contribution in [0, 0.1) is 6.92 Å². The molecule has 0 radical (unpaired) electrons. The van der Waals surface area contributed by atoms with Gasteiger partial charge < -0.3 is 4.74 Å². The van der Waals surface area contributed by atoms with E-state index < -0.39 is 9.84 Å². The van der Waals surface area contributed by atoms with Gasteiger partial charge in [-0.2, -0.15) is 0 Å². The Morgan fingerprint density at radius 2 is 2.07 bits per heavy atom. The number of carbonyl (C=O) groups is 1. The van der Waals surface area contributed by atoms with Crippen LogP contribution in [0.2, 0.25) is 0 Å². The highest BCUT2D eigenvalue weighted by atomic mass is 32.2. The summed E-state index contributed by atoms with van der Waals surface area (Å²) in [5.74, 6) is -0.303. The molecule has 1 aliphatic heterocycles. The quantitative estimate of drug-likeness (QED) is 0.421. The van der Waals surface area contributed by atoms with E-state index in [1.54, 1.807) is 31.2 Å². The summed E-state index contributed by atoms with van der Waals surface area (Å²) in [6.45, 7) is 4.17. The van der Waals surface area contributed by atoms with E-state index in [1.165, 1.54) is 10.9 Å².